The van der Waals surface area contributed by atoms with Crippen molar-refractivity contribution in [3.63, 3.8) is 0 Å². The van der Waals surface area contributed by atoms with Crippen molar-refractivity contribution in [2.75, 3.05) is 13.2 Å². The lowest BCUT2D eigenvalue weighted by molar-refractivity contribution is 0.0668. The zero-order chi connectivity index (χ0) is 13.8. The molecule has 19 heavy (non-hydrogen) atoms. The van der Waals surface area contributed by atoms with Crippen LogP contribution < -0.4 is 5.73 Å². The van der Waals surface area contributed by atoms with Crippen LogP contribution in [0.5, 0.6) is 0 Å². The lowest BCUT2D eigenvalue weighted by atomic mass is 9.94. The number of hydrogen-bond donors (Lipinski definition) is 2. The summed E-state index contributed by atoms with van der Waals surface area (Å²) in [6, 6.07) is 5.31. The predicted octanol–water partition coefficient (Wildman–Crippen LogP) is 2.68. The molecule has 2 rings (SSSR count). The largest absolute Gasteiger partial charge is 0.396 e. The van der Waals surface area contributed by atoms with Crippen molar-refractivity contribution < 1.29 is 5.11 Å². The van der Waals surface area contributed by atoms with Crippen LogP contribution in [0.4, 0.5) is 0 Å². The fourth-order valence-corrected chi connectivity index (χ4v) is 4.30. The van der Waals surface area contributed by atoms with Crippen LogP contribution in [0.2, 0.25) is 0 Å². The summed E-state index contributed by atoms with van der Waals surface area (Å²) in [6.07, 6.45) is 4.58. The van der Waals surface area contributed by atoms with Gasteiger partial charge in [-0.1, -0.05) is 6.42 Å². The van der Waals surface area contributed by atoms with Crippen molar-refractivity contribution in [1.29, 1.82) is 0 Å². The quantitative estimate of drug-likeness (QED) is 0.873. The standard InChI is InChI=1S/C15H26N2OS/c1-11-6-7-14(19-11)15(12(2)16)17-9-4-3-5-13(17)8-10-18/h6-7,12-13,15,18H,3-5,8-10,16H2,1-2H3. The SMILES string of the molecule is Cc1ccc(C(C(C)N)N2CCCCC2CCO)s1. The van der Waals surface area contributed by atoms with Crippen LogP contribution in [0.15, 0.2) is 12.1 Å². The smallest absolute Gasteiger partial charge is 0.0593 e. The van der Waals surface area contributed by atoms with Crippen molar-refractivity contribution in [2.24, 2.45) is 5.73 Å². The second kappa shape index (κ2) is 6.84. The second-order valence-corrected chi connectivity index (χ2v) is 6.97. The van der Waals surface area contributed by atoms with Gasteiger partial charge in [-0.25, -0.2) is 0 Å². The van der Waals surface area contributed by atoms with Crippen LogP contribution >= 0.6 is 11.3 Å². The summed E-state index contributed by atoms with van der Waals surface area (Å²) in [4.78, 5) is 5.25. The molecule has 0 aliphatic carbocycles. The number of piperidine rings is 1. The minimum absolute atomic E-state index is 0.123. The van der Waals surface area contributed by atoms with Crippen LogP contribution in [-0.2, 0) is 0 Å². The van der Waals surface area contributed by atoms with E-state index in [0.29, 0.717) is 12.1 Å². The first-order chi connectivity index (χ1) is 9.13. The zero-order valence-corrected chi connectivity index (χ0v) is 12.8. The van der Waals surface area contributed by atoms with Gasteiger partial charge in [0.15, 0.2) is 0 Å². The third-order valence-corrected chi connectivity index (χ3v) is 5.11. The van der Waals surface area contributed by atoms with Gasteiger partial charge in [0.25, 0.3) is 0 Å². The summed E-state index contributed by atoms with van der Waals surface area (Å²) in [5.41, 5.74) is 6.27. The molecular weight excluding hydrogens is 256 g/mol. The molecule has 3 N–H and O–H groups in total. The number of aliphatic hydroxyl groups is 1. The molecule has 1 aliphatic heterocycles. The lowest BCUT2D eigenvalue weighted by Crippen LogP contribution is -2.47. The molecule has 1 saturated heterocycles. The highest BCUT2D eigenvalue weighted by Gasteiger charge is 2.32. The maximum absolute atomic E-state index is 9.28. The van der Waals surface area contributed by atoms with E-state index in [4.69, 9.17) is 5.73 Å². The average molecular weight is 282 g/mol. The summed E-state index contributed by atoms with van der Waals surface area (Å²) in [6.45, 7) is 5.63. The lowest BCUT2D eigenvalue weighted by Gasteiger charge is -2.42. The maximum atomic E-state index is 9.28. The summed E-state index contributed by atoms with van der Waals surface area (Å²) < 4.78 is 0. The van der Waals surface area contributed by atoms with Crippen molar-refractivity contribution >= 4 is 11.3 Å². The highest BCUT2D eigenvalue weighted by atomic mass is 32.1. The fraction of sp³-hybridized carbons (Fsp3) is 0.733. The molecule has 0 bridgehead atoms. The Labute approximate surface area is 120 Å². The molecule has 1 fully saturated rings. The third kappa shape index (κ3) is 3.57. The van der Waals surface area contributed by atoms with Crippen LogP contribution in [0.3, 0.4) is 0 Å². The Morgan fingerprint density at radius 2 is 2.26 bits per heavy atom. The van der Waals surface area contributed by atoms with Crippen LogP contribution in [-0.4, -0.2) is 35.2 Å². The van der Waals surface area contributed by atoms with Gasteiger partial charge in [0.05, 0.1) is 6.04 Å². The van der Waals surface area contributed by atoms with Gasteiger partial charge in [-0.2, -0.15) is 0 Å². The van der Waals surface area contributed by atoms with Gasteiger partial charge in [0.1, 0.15) is 0 Å². The number of aliphatic hydroxyl groups excluding tert-OH is 1. The molecule has 1 aromatic rings. The van der Waals surface area contributed by atoms with Crippen molar-refractivity contribution in [1.82, 2.24) is 4.90 Å². The Bertz CT molecular complexity index is 389. The van der Waals surface area contributed by atoms with Gasteiger partial charge in [0.2, 0.25) is 0 Å². The van der Waals surface area contributed by atoms with Crippen molar-refractivity contribution in [3.05, 3.63) is 21.9 Å². The van der Waals surface area contributed by atoms with E-state index in [2.05, 4.69) is 30.9 Å². The monoisotopic (exact) mass is 282 g/mol. The van der Waals surface area contributed by atoms with E-state index in [0.717, 1.165) is 13.0 Å². The first kappa shape index (κ1) is 15.0. The van der Waals surface area contributed by atoms with Gasteiger partial charge < -0.3 is 10.8 Å². The fourth-order valence-electron chi connectivity index (χ4n) is 3.19. The molecule has 1 aliphatic rings. The Kier molecular flexibility index (Phi) is 5.39. The van der Waals surface area contributed by atoms with Crippen LogP contribution in [0.1, 0.15) is 48.4 Å². The van der Waals surface area contributed by atoms with Gasteiger partial charge >= 0.3 is 0 Å². The third-order valence-electron chi connectivity index (χ3n) is 4.04. The number of thiophene rings is 1. The first-order valence-electron chi connectivity index (χ1n) is 7.32. The second-order valence-electron chi connectivity index (χ2n) is 5.65. The number of hydrogen-bond acceptors (Lipinski definition) is 4. The first-order valence-corrected chi connectivity index (χ1v) is 8.13. The Morgan fingerprint density at radius 3 is 2.84 bits per heavy atom. The molecule has 3 nitrogen and oxygen atoms in total. The summed E-state index contributed by atoms with van der Waals surface area (Å²) in [5, 5.41) is 9.28. The Morgan fingerprint density at radius 1 is 1.47 bits per heavy atom. The van der Waals surface area contributed by atoms with E-state index < -0.39 is 0 Å². The van der Waals surface area contributed by atoms with Gasteiger partial charge in [-0.15, -0.1) is 11.3 Å². The number of likely N-dealkylation sites (tertiary alicyclic amines) is 1. The van der Waals surface area contributed by atoms with E-state index in [9.17, 15) is 5.11 Å². The zero-order valence-electron chi connectivity index (χ0n) is 12.0. The summed E-state index contributed by atoms with van der Waals surface area (Å²) >= 11 is 1.85. The molecule has 1 aromatic heterocycles. The predicted molar refractivity (Wildman–Crippen MR) is 81.5 cm³/mol. The molecule has 0 saturated carbocycles. The van der Waals surface area contributed by atoms with Crippen molar-refractivity contribution in [3.8, 4) is 0 Å². The molecular formula is C15H26N2OS. The van der Waals surface area contributed by atoms with E-state index in [1.54, 1.807) is 0 Å². The molecule has 108 valence electrons. The van der Waals surface area contributed by atoms with E-state index in [-0.39, 0.29) is 12.6 Å². The highest BCUT2D eigenvalue weighted by molar-refractivity contribution is 7.12. The van der Waals surface area contributed by atoms with Crippen LogP contribution in [0, 0.1) is 6.92 Å². The van der Waals surface area contributed by atoms with E-state index in [1.165, 1.54) is 29.0 Å². The topological polar surface area (TPSA) is 49.5 Å². The van der Waals surface area contributed by atoms with Gasteiger partial charge in [0, 0.05) is 28.4 Å². The number of aryl methyl sites for hydroxylation is 1. The van der Waals surface area contributed by atoms with Crippen LogP contribution in [0.25, 0.3) is 0 Å². The molecule has 0 amide bonds. The summed E-state index contributed by atoms with van der Waals surface area (Å²) in [5.74, 6) is 0. The number of rotatable bonds is 5. The molecule has 4 heteroatoms. The molecule has 0 spiro atoms. The minimum atomic E-state index is 0.123. The van der Waals surface area contributed by atoms with Crippen molar-refractivity contribution in [2.45, 2.75) is 57.7 Å². The molecule has 3 atom stereocenters. The highest BCUT2D eigenvalue weighted by Crippen LogP contribution is 2.35. The number of nitrogens with two attached hydrogens (primary N) is 1. The molecule has 0 radical (unpaired) electrons. The van der Waals surface area contributed by atoms with E-state index in [1.807, 2.05) is 11.3 Å². The summed E-state index contributed by atoms with van der Waals surface area (Å²) in [7, 11) is 0. The van der Waals surface area contributed by atoms with Gasteiger partial charge in [-0.05, 0) is 51.8 Å². The molecule has 0 aromatic carbocycles. The maximum Gasteiger partial charge on any atom is 0.0593 e. The van der Waals surface area contributed by atoms with E-state index >= 15 is 0 Å². The van der Waals surface area contributed by atoms with Gasteiger partial charge in [-0.3, -0.25) is 4.90 Å². The Hall–Kier alpha value is -0.420. The normalized spacial score (nSPS) is 24.3. The average Bonchev–Trinajstić information content (AvgIpc) is 2.78. The molecule has 3 unspecified atom stereocenters. The number of nitrogens with zero attached hydrogens (tertiary/aromatic N) is 1. The molecule has 2 heterocycles. The minimum Gasteiger partial charge on any atom is -0.396 e. The Balaban J connectivity index is 2.21.